The maximum absolute atomic E-state index is 6.31. The van der Waals surface area contributed by atoms with E-state index in [4.69, 9.17) is 15.2 Å². The number of ether oxygens (including phenoxy) is 2. The number of benzene rings is 2. The Labute approximate surface area is 119 Å². The van der Waals surface area contributed by atoms with E-state index in [1.165, 1.54) is 11.1 Å². The molecular formula is C17H19NO2. The molecule has 0 saturated carbocycles. The van der Waals surface area contributed by atoms with Crippen LogP contribution in [0.25, 0.3) is 0 Å². The molecule has 0 aliphatic carbocycles. The number of hydrogen-bond donors (Lipinski definition) is 1. The summed E-state index contributed by atoms with van der Waals surface area (Å²) in [5.41, 5.74) is 9.78. The number of methoxy groups -OCH3 is 1. The van der Waals surface area contributed by atoms with Gasteiger partial charge in [-0.2, -0.15) is 0 Å². The van der Waals surface area contributed by atoms with E-state index in [-0.39, 0.29) is 12.1 Å². The number of aryl methyl sites for hydroxylation is 1. The molecule has 3 nitrogen and oxygen atoms in total. The third kappa shape index (κ3) is 2.25. The van der Waals surface area contributed by atoms with Crippen LogP contribution in [-0.4, -0.2) is 7.11 Å². The highest BCUT2D eigenvalue weighted by Crippen LogP contribution is 2.41. The standard InChI is InChI=1S/C17H19NO2/c1-11-5-3-4-6-13(11)17-10-15(18)14-9-12(19-2)7-8-16(14)20-17/h3-9,15,17H,10,18H2,1-2H3. The van der Waals surface area contributed by atoms with Crippen molar-refractivity contribution in [1.82, 2.24) is 0 Å². The van der Waals surface area contributed by atoms with Crippen LogP contribution in [0.3, 0.4) is 0 Å². The van der Waals surface area contributed by atoms with E-state index in [1.54, 1.807) is 7.11 Å². The Morgan fingerprint density at radius 1 is 1.15 bits per heavy atom. The molecule has 2 N–H and O–H groups in total. The predicted octanol–water partition coefficient (Wildman–Crippen LogP) is 3.53. The molecule has 0 bridgehead atoms. The van der Waals surface area contributed by atoms with Gasteiger partial charge in [0.2, 0.25) is 0 Å². The minimum Gasteiger partial charge on any atom is -0.497 e. The van der Waals surface area contributed by atoms with E-state index < -0.39 is 0 Å². The van der Waals surface area contributed by atoms with Crippen molar-refractivity contribution in [2.24, 2.45) is 5.73 Å². The molecule has 0 aromatic heterocycles. The van der Waals surface area contributed by atoms with Gasteiger partial charge in [0, 0.05) is 18.0 Å². The van der Waals surface area contributed by atoms with Crippen LogP contribution in [0.5, 0.6) is 11.5 Å². The molecule has 0 saturated heterocycles. The second kappa shape index (κ2) is 5.17. The summed E-state index contributed by atoms with van der Waals surface area (Å²) in [4.78, 5) is 0. The second-order valence-corrected chi connectivity index (χ2v) is 5.21. The lowest BCUT2D eigenvalue weighted by atomic mass is 9.91. The molecule has 2 atom stereocenters. The van der Waals surface area contributed by atoms with Gasteiger partial charge in [0.1, 0.15) is 17.6 Å². The van der Waals surface area contributed by atoms with Gasteiger partial charge in [0.05, 0.1) is 7.11 Å². The van der Waals surface area contributed by atoms with Crippen molar-refractivity contribution in [3.05, 3.63) is 59.2 Å². The topological polar surface area (TPSA) is 44.5 Å². The SMILES string of the molecule is COc1ccc2c(c1)C(N)CC(c1ccccc1C)O2. The number of rotatable bonds is 2. The molecule has 2 aromatic rings. The zero-order valence-electron chi connectivity index (χ0n) is 11.8. The summed E-state index contributed by atoms with van der Waals surface area (Å²) in [7, 11) is 1.66. The normalized spacial score (nSPS) is 20.9. The average molecular weight is 269 g/mol. The van der Waals surface area contributed by atoms with Crippen molar-refractivity contribution in [3.8, 4) is 11.5 Å². The Bertz CT molecular complexity index is 624. The van der Waals surface area contributed by atoms with Crippen LogP contribution < -0.4 is 15.2 Å². The maximum Gasteiger partial charge on any atom is 0.126 e. The van der Waals surface area contributed by atoms with Gasteiger partial charge in [-0.3, -0.25) is 0 Å². The first-order valence-corrected chi connectivity index (χ1v) is 6.84. The minimum atomic E-state index is -0.0292. The maximum atomic E-state index is 6.31. The minimum absolute atomic E-state index is 0.0205. The lowest BCUT2D eigenvalue weighted by Gasteiger charge is -2.31. The molecule has 20 heavy (non-hydrogen) atoms. The third-order valence-electron chi connectivity index (χ3n) is 3.89. The number of nitrogens with two attached hydrogens (primary N) is 1. The molecule has 3 heteroatoms. The first-order chi connectivity index (χ1) is 9.69. The van der Waals surface area contributed by atoms with Crippen LogP contribution in [0.2, 0.25) is 0 Å². The molecule has 2 unspecified atom stereocenters. The summed E-state index contributed by atoms with van der Waals surface area (Å²) in [6.45, 7) is 2.10. The van der Waals surface area contributed by atoms with Crippen LogP contribution in [0.15, 0.2) is 42.5 Å². The molecule has 1 aliphatic heterocycles. The average Bonchev–Trinajstić information content (AvgIpc) is 2.47. The van der Waals surface area contributed by atoms with Gasteiger partial charge in [-0.15, -0.1) is 0 Å². The van der Waals surface area contributed by atoms with E-state index in [9.17, 15) is 0 Å². The second-order valence-electron chi connectivity index (χ2n) is 5.21. The summed E-state index contributed by atoms with van der Waals surface area (Å²) in [6, 6.07) is 14.1. The molecule has 3 rings (SSSR count). The Morgan fingerprint density at radius 2 is 1.95 bits per heavy atom. The van der Waals surface area contributed by atoms with Gasteiger partial charge in [0.25, 0.3) is 0 Å². The summed E-state index contributed by atoms with van der Waals surface area (Å²) in [6.07, 6.45) is 0.803. The van der Waals surface area contributed by atoms with Crippen LogP contribution in [0.4, 0.5) is 0 Å². The third-order valence-corrected chi connectivity index (χ3v) is 3.89. The van der Waals surface area contributed by atoms with Crippen molar-refractivity contribution in [1.29, 1.82) is 0 Å². The molecular weight excluding hydrogens is 250 g/mol. The molecule has 2 aromatic carbocycles. The van der Waals surface area contributed by atoms with Gasteiger partial charge in [-0.25, -0.2) is 0 Å². The number of fused-ring (bicyclic) bond motifs is 1. The van der Waals surface area contributed by atoms with E-state index in [2.05, 4.69) is 19.1 Å². The van der Waals surface area contributed by atoms with Crippen molar-refractivity contribution >= 4 is 0 Å². The smallest absolute Gasteiger partial charge is 0.126 e. The first-order valence-electron chi connectivity index (χ1n) is 6.84. The molecule has 1 aliphatic rings. The van der Waals surface area contributed by atoms with Gasteiger partial charge in [-0.05, 0) is 36.2 Å². The highest BCUT2D eigenvalue weighted by atomic mass is 16.5. The van der Waals surface area contributed by atoms with Crippen molar-refractivity contribution in [2.75, 3.05) is 7.11 Å². The van der Waals surface area contributed by atoms with Gasteiger partial charge in [0.15, 0.2) is 0 Å². The molecule has 104 valence electrons. The summed E-state index contributed by atoms with van der Waals surface area (Å²) >= 11 is 0. The Kier molecular flexibility index (Phi) is 3.36. The van der Waals surface area contributed by atoms with E-state index in [0.717, 1.165) is 23.5 Å². The van der Waals surface area contributed by atoms with Gasteiger partial charge >= 0.3 is 0 Å². The fourth-order valence-electron chi connectivity index (χ4n) is 2.75. The largest absolute Gasteiger partial charge is 0.497 e. The summed E-state index contributed by atoms with van der Waals surface area (Å²) in [5, 5.41) is 0. The lowest BCUT2D eigenvalue weighted by Crippen LogP contribution is -2.24. The molecule has 0 fully saturated rings. The Morgan fingerprint density at radius 3 is 2.70 bits per heavy atom. The molecule has 0 spiro atoms. The van der Waals surface area contributed by atoms with Gasteiger partial charge < -0.3 is 15.2 Å². The number of hydrogen-bond acceptors (Lipinski definition) is 3. The quantitative estimate of drug-likeness (QED) is 0.907. The Balaban J connectivity index is 1.95. The van der Waals surface area contributed by atoms with Crippen LogP contribution in [0.1, 0.15) is 35.3 Å². The van der Waals surface area contributed by atoms with Crippen molar-refractivity contribution in [2.45, 2.75) is 25.5 Å². The summed E-state index contributed by atoms with van der Waals surface area (Å²) in [5.74, 6) is 1.68. The Hall–Kier alpha value is -2.00. The monoisotopic (exact) mass is 269 g/mol. The van der Waals surface area contributed by atoms with E-state index in [0.29, 0.717) is 0 Å². The van der Waals surface area contributed by atoms with Crippen LogP contribution in [-0.2, 0) is 0 Å². The fraction of sp³-hybridized carbons (Fsp3) is 0.294. The van der Waals surface area contributed by atoms with Crippen LogP contribution >= 0.6 is 0 Å². The summed E-state index contributed by atoms with van der Waals surface area (Å²) < 4.78 is 11.4. The highest BCUT2D eigenvalue weighted by molar-refractivity contribution is 5.44. The van der Waals surface area contributed by atoms with E-state index >= 15 is 0 Å². The van der Waals surface area contributed by atoms with Crippen molar-refractivity contribution < 1.29 is 9.47 Å². The molecule has 1 heterocycles. The lowest BCUT2D eigenvalue weighted by molar-refractivity contribution is 0.160. The highest BCUT2D eigenvalue weighted by Gasteiger charge is 2.28. The van der Waals surface area contributed by atoms with Crippen molar-refractivity contribution in [3.63, 3.8) is 0 Å². The fourth-order valence-corrected chi connectivity index (χ4v) is 2.75. The zero-order valence-corrected chi connectivity index (χ0v) is 11.8. The van der Waals surface area contributed by atoms with Gasteiger partial charge in [-0.1, -0.05) is 24.3 Å². The predicted molar refractivity (Wildman–Crippen MR) is 79.1 cm³/mol. The first kappa shape index (κ1) is 13.0. The van der Waals surface area contributed by atoms with Crippen LogP contribution in [0, 0.1) is 6.92 Å². The zero-order chi connectivity index (χ0) is 14.1. The molecule has 0 radical (unpaired) electrons. The van der Waals surface area contributed by atoms with E-state index in [1.807, 2.05) is 30.3 Å². The molecule has 0 amide bonds.